The van der Waals surface area contributed by atoms with Gasteiger partial charge in [-0.15, -0.1) is 13.2 Å². The lowest BCUT2D eigenvalue weighted by atomic mass is 10.2. The smallest absolute Gasteiger partial charge is 0.405 e. The molecule has 0 bridgehead atoms. The van der Waals surface area contributed by atoms with Gasteiger partial charge in [-0.3, -0.25) is 0 Å². The SMILES string of the molecule is CCOC(OCC)c1c(Br)cccc1OC(F)(F)F. The lowest BCUT2D eigenvalue weighted by Gasteiger charge is -2.22. The van der Waals surface area contributed by atoms with Crippen molar-refractivity contribution >= 4 is 15.9 Å². The van der Waals surface area contributed by atoms with E-state index in [4.69, 9.17) is 9.47 Å². The molecule has 0 aliphatic carbocycles. The summed E-state index contributed by atoms with van der Waals surface area (Å²) < 4.78 is 52.1. The fourth-order valence-electron chi connectivity index (χ4n) is 1.48. The van der Waals surface area contributed by atoms with Gasteiger partial charge in [-0.05, 0) is 26.0 Å². The highest BCUT2D eigenvalue weighted by Gasteiger charge is 2.34. The Morgan fingerprint density at radius 3 is 2.21 bits per heavy atom. The van der Waals surface area contributed by atoms with Gasteiger partial charge in [0.15, 0.2) is 6.29 Å². The summed E-state index contributed by atoms with van der Waals surface area (Å²) >= 11 is 3.19. The Morgan fingerprint density at radius 1 is 1.16 bits per heavy atom. The fourth-order valence-corrected chi connectivity index (χ4v) is 2.01. The first-order valence-corrected chi connectivity index (χ1v) is 6.45. The van der Waals surface area contributed by atoms with E-state index in [0.717, 1.165) is 0 Å². The molecule has 0 saturated carbocycles. The number of halogens is 4. The van der Waals surface area contributed by atoms with Crippen LogP contribution in [0.1, 0.15) is 25.7 Å². The molecule has 1 rings (SSSR count). The number of hydrogen-bond acceptors (Lipinski definition) is 3. The first-order chi connectivity index (χ1) is 8.89. The van der Waals surface area contributed by atoms with E-state index in [0.29, 0.717) is 17.7 Å². The predicted octanol–water partition coefficient (Wildman–Crippen LogP) is 4.42. The monoisotopic (exact) mass is 342 g/mol. The van der Waals surface area contributed by atoms with E-state index in [9.17, 15) is 13.2 Å². The molecule has 0 fully saturated rings. The van der Waals surface area contributed by atoms with Crippen LogP contribution in [0.5, 0.6) is 5.75 Å². The number of alkyl halides is 3. The molecular formula is C12H14BrF3O3. The average molecular weight is 343 g/mol. The Morgan fingerprint density at radius 2 is 1.74 bits per heavy atom. The molecule has 19 heavy (non-hydrogen) atoms. The maximum Gasteiger partial charge on any atom is 0.573 e. The molecule has 1 aromatic rings. The maximum atomic E-state index is 12.4. The summed E-state index contributed by atoms with van der Waals surface area (Å²) in [5, 5.41) is 0. The molecule has 3 nitrogen and oxygen atoms in total. The van der Waals surface area contributed by atoms with E-state index < -0.39 is 12.7 Å². The van der Waals surface area contributed by atoms with Crippen molar-refractivity contribution in [2.75, 3.05) is 13.2 Å². The molecule has 0 unspecified atom stereocenters. The molecule has 0 aromatic heterocycles. The summed E-state index contributed by atoms with van der Waals surface area (Å²) in [5.41, 5.74) is 0.184. The van der Waals surface area contributed by atoms with Crippen LogP contribution in [0.25, 0.3) is 0 Å². The van der Waals surface area contributed by atoms with E-state index in [1.54, 1.807) is 19.9 Å². The van der Waals surface area contributed by atoms with E-state index >= 15 is 0 Å². The summed E-state index contributed by atoms with van der Waals surface area (Å²) in [5.74, 6) is -0.339. The van der Waals surface area contributed by atoms with Gasteiger partial charge in [-0.2, -0.15) is 0 Å². The third-order valence-corrected chi connectivity index (χ3v) is 2.80. The van der Waals surface area contributed by atoms with Crippen LogP contribution in [-0.2, 0) is 9.47 Å². The van der Waals surface area contributed by atoms with Gasteiger partial charge in [-0.1, -0.05) is 22.0 Å². The summed E-state index contributed by atoms with van der Waals surface area (Å²) in [4.78, 5) is 0. The van der Waals surface area contributed by atoms with Gasteiger partial charge in [0.2, 0.25) is 0 Å². The molecule has 0 atom stereocenters. The van der Waals surface area contributed by atoms with E-state index in [-0.39, 0.29) is 11.3 Å². The highest BCUT2D eigenvalue weighted by Crippen LogP contribution is 2.37. The summed E-state index contributed by atoms with van der Waals surface area (Å²) in [7, 11) is 0. The second-order valence-corrected chi connectivity index (χ2v) is 4.30. The largest absolute Gasteiger partial charge is 0.573 e. The highest BCUT2D eigenvalue weighted by atomic mass is 79.9. The zero-order valence-electron chi connectivity index (χ0n) is 10.5. The van der Waals surface area contributed by atoms with Crippen molar-refractivity contribution < 1.29 is 27.4 Å². The Kier molecular flexibility index (Phi) is 6.09. The number of ether oxygens (including phenoxy) is 3. The van der Waals surface area contributed by atoms with Crippen molar-refractivity contribution in [2.24, 2.45) is 0 Å². The molecule has 0 aliphatic rings. The van der Waals surface area contributed by atoms with Gasteiger partial charge < -0.3 is 14.2 Å². The quantitative estimate of drug-likeness (QED) is 0.716. The molecule has 0 radical (unpaired) electrons. The molecule has 0 saturated heterocycles. The molecular weight excluding hydrogens is 329 g/mol. The van der Waals surface area contributed by atoms with Crippen LogP contribution >= 0.6 is 15.9 Å². The van der Waals surface area contributed by atoms with Gasteiger partial charge in [-0.25, -0.2) is 0 Å². The van der Waals surface area contributed by atoms with E-state index in [2.05, 4.69) is 20.7 Å². The van der Waals surface area contributed by atoms with Gasteiger partial charge >= 0.3 is 6.36 Å². The van der Waals surface area contributed by atoms with Crippen LogP contribution in [0.3, 0.4) is 0 Å². The normalized spacial score (nSPS) is 11.9. The fraction of sp³-hybridized carbons (Fsp3) is 0.500. The summed E-state index contributed by atoms with van der Waals surface area (Å²) in [6.45, 7) is 4.06. The first-order valence-electron chi connectivity index (χ1n) is 5.66. The lowest BCUT2D eigenvalue weighted by molar-refractivity contribution is -0.275. The third-order valence-electron chi connectivity index (χ3n) is 2.11. The summed E-state index contributed by atoms with van der Waals surface area (Å²) in [6, 6.07) is 4.27. The number of hydrogen-bond donors (Lipinski definition) is 0. The minimum absolute atomic E-state index is 0.184. The van der Waals surface area contributed by atoms with Crippen molar-refractivity contribution in [3.63, 3.8) is 0 Å². The Bertz CT molecular complexity index is 404. The van der Waals surface area contributed by atoms with Crippen molar-refractivity contribution in [1.29, 1.82) is 0 Å². The van der Waals surface area contributed by atoms with Crippen molar-refractivity contribution in [3.8, 4) is 5.75 Å². The van der Waals surface area contributed by atoms with Gasteiger partial charge in [0.1, 0.15) is 5.75 Å². The van der Waals surface area contributed by atoms with Crippen LogP contribution in [0.2, 0.25) is 0 Å². The van der Waals surface area contributed by atoms with E-state index in [1.165, 1.54) is 12.1 Å². The van der Waals surface area contributed by atoms with Gasteiger partial charge in [0, 0.05) is 17.7 Å². The first kappa shape index (κ1) is 16.3. The van der Waals surface area contributed by atoms with Crippen LogP contribution in [-0.4, -0.2) is 19.6 Å². The topological polar surface area (TPSA) is 27.7 Å². The molecule has 7 heteroatoms. The molecule has 0 N–H and O–H groups in total. The zero-order valence-corrected chi connectivity index (χ0v) is 12.0. The molecule has 0 aliphatic heterocycles. The predicted molar refractivity (Wildman–Crippen MR) is 66.8 cm³/mol. The lowest BCUT2D eigenvalue weighted by Crippen LogP contribution is -2.20. The van der Waals surface area contributed by atoms with Crippen molar-refractivity contribution in [2.45, 2.75) is 26.5 Å². The van der Waals surface area contributed by atoms with Gasteiger partial charge in [0.25, 0.3) is 0 Å². The molecule has 0 amide bonds. The summed E-state index contributed by atoms with van der Waals surface area (Å²) in [6.07, 6.45) is -5.68. The highest BCUT2D eigenvalue weighted by molar-refractivity contribution is 9.10. The molecule has 0 spiro atoms. The van der Waals surface area contributed by atoms with Crippen LogP contribution in [0.4, 0.5) is 13.2 Å². The Labute approximate surface area is 117 Å². The minimum Gasteiger partial charge on any atom is -0.405 e. The maximum absolute atomic E-state index is 12.4. The van der Waals surface area contributed by atoms with Crippen molar-refractivity contribution in [3.05, 3.63) is 28.2 Å². The second-order valence-electron chi connectivity index (χ2n) is 3.44. The van der Waals surface area contributed by atoms with Crippen LogP contribution < -0.4 is 4.74 Å². The average Bonchev–Trinajstić information content (AvgIpc) is 2.27. The van der Waals surface area contributed by atoms with E-state index in [1.807, 2.05) is 0 Å². The van der Waals surface area contributed by atoms with Crippen LogP contribution in [0, 0.1) is 0 Å². The zero-order chi connectivity index (χ0) is 14.5. The molecule has 108 valence electrons. The van der Waals surface area contributed by atoms with Crippen LogP contribution in [0.15, 0.2) is 22.7 Å². The van der Waals surface area contributed by atoms with Crippen molar-refractivity contribution in [1.82, 2.24) is 0 Å². The van der Waals surface area contributed by atoms with Gasteiger partial charge in [0.05, 0.1) is 5.56 Å². The Balaban J connectivity index is 3.14. The molecule has 1 aromatic carbocycles. The number of benzene rings is 1. The second kappa shape index (κ2) is 7.12. The third kappa shape index (κ3) is 5.00. The minimum atomic E-state index is -4.77. The molecule has 0 heterocycles. The Hall–Kier alpha value is -0.790. The standard InChI is InChI=1S/C12H14BrF3O3/c1-3-17-11(18-4-2)10-8(13)6-5-7-9(10)19-12(14,15)16/h5-7,11H,3-4H2,1-2H3. The number of rotatable bonds is 6.